The van der Waals surface area contributed by atoms with Gasteiger partial charge in [0, 0.05) is 51.3 Å². The number of benzene rings is 1. The van der Waals surface area contributed by atoms with Crippen LogP contribution in [0.2, 0.25) is 5.02 Å². The van der Waals surface area contributed by atoms with Crippen LogP contribution in [-0.4, -0.2) is 62.1 Å². The Labute approximate surface area is 142 Å². The van der Waals surface area contributed by atoms with Crippen LogP contribution in [0, 0.1) is 0 Å². The third kappa shape index (κ3) is 3.62. The Kier molecular flexibility index (Phi) is 4.78. The number of amides is 2. The zero-order valence-electron chi connectivity index (χ0n) is 13.6. The molecule has 1 unspecified atom stereocenters. The summed E-state index contributed by atoms with van der Waals surface area (Å²) in [4.78, 5) is 18.9. The van der Waals surface area contributed by atoms with E-state index in [-0.39, 0.29) is 6.03 Å². The average molecular weight is 335 g/mol. The topological polar surface area (TPSA) is 38.8 Å². The minimum atomic E-state index is -0.0509. The smallest absolute Gasteiger partial charge is 0.321 e. The van der Waals surface area contributed by atoms with Crippen LogP contribution in [0.3, 0.4) is 0 Å². The molecule has 1 aromatic rings. The molecule has 3 rings (SSSR count). The van der Waals surface area contributed by atoms with Crippen LogP contribution in [-0.2, 0) is 0 Å². The van der Waals surface area contributed by atoms with E-state index in [1.54, 1.807) is 6.07 Å². The summed E-state index contributed by atoms with van der Waals surface area (Å²) in [6, 6.07) is 5.96. The standard InChI is InChI=1S/C17H23ClN4O/c1-20(2)16-6-5-13(18)11-15(16)19-17(23)22-10-7-14(12-22)21-8-3-4-9-21/h3-6,11,14H,7-10,12H2,1-2H3,(H,19,23). The highest BCUT2D eigenvalue weighted by Crippen LogP contribution is 2.28. The summed E-state index contributed by atoms with van der Waals surface area (Å²) in [5.41, 5.74) is 1.70. The van der Waals surface area contributed by atoms with Crippen molar-refractivity contribution in [2.45, 2.75) is 12.5 Å². The summed E-state index contributed by atoms with van der Waals surface area (Å²) in [5.74, 6) is 0. The third-order valence-electron chi connectivity index (χ3n) is 4.50. The van der Waals surface area contributed by atoms with E-state index in [0.29, 0.717) is 11.1 Å². The molecule has 0 radical (unpaired) electrons. The monoisotopic (exact) mass is 334 g/mol. The second kappa shape index (κ2) is 6.81. The molecule has 0 spiro atoms. The number of halogens is 1. The van der Waals surface area contributed by atoms with E-state index >= 15 is 0 Å². The van der Waals surface area contributed by atoms with Crippen molar-refractivity contribution in [1.29, 1.82) is 0 Å². The molecule has 1 fully saturated rings. The summed E-state index contributed by atoms with van der Waals surface area (Å²) in [6.45, 7) is 3.58. The van der Waals surface area contributed by atoms with E-state index in [0.717, 1.165) is 44.0 Å². The van der Waals surface area contributed by atoms with E-state index in [2.05, 4.69) is 22.4 Å². The van der Waals surface area contributed by atoms with Crippen LogP contribution in [0.15, 0.2) is 30.4 Å². The van der Waals surface area contributed by atoms with Crippen molar-refractivity contribution in [2.75, 3.05) is 50.5 Å². The first-order chi connectivity index (χ1) is 11.0. The lowest BCUT2D eigenvalue weighted by Crippen LogP contribution is -2.39. The van der Waals surface area contributed by atoms with Crippen molar-refractivity contribution < 1.29 is 4.79 Å². The molecule has 0 aliphatic carbocycles. The highest BCUT2D eigenvalue weighted by molar-refractivity contribution is 6.31. The van der Waals surface area contributed by atoms with Gasteiger partial charge in [-0.25, -0.2) is 4.79 Å². The number of hydrogen-bond acceptors (Lipinski definition) is 3. The van der Waals surface area contributed by atoms with Gasteiger partial charge in [-0.3, -0.25) is 4.90 Å². The normalized spacial score (nSPS) is 21.0. The predicted octanol–water partition coefficient (Wildman–Crippen LogP) is 2.88. The van der Waals surface area contributed by atoms with Gasteiger partial charge in [0.25, 0.3) is 0 Å². The molecule has 23 heavy (non-hydrogen) atoms. The average Bonchev–Trinajstić information content (AvgIpc) is 3.18. The van der Waals surface area contributed by atoms with Crippen LogP contribution in [0.5, 0.6) is 0 Å². The zero-order chi connectivity index (χ0) is 16.4. The summed E-state index contributed by atoms with van der Waals surface area (Å²) in [7, 11) is 3.90. The van der Waals surface area contributed by atoms with E-state index in [1.165, 1.54) is 0 Å². The summed E-state index contributed by atoms with van der Waals surface area (Å²) >= 11 is 6.08. The van der Waals surface area contributed by atoms with E-state index in [1.807, 2.05) is 36.0 Å². The lowest BCUT2D eigenvalue weighted by Gasteiger charge is -2.24. The summed E-state index contributed by atoms with van der Waals surface area (Å²) in [6.07, 6.45) is 5.42. The van der Waals surface area contributed by atoms with Gasteiger partial charge in [-0.1, -0.05) is 23.8 Å². The number of rotatable bonds is 3. The van der Waals surface area contributed by atoms with Crippen molar-refractivity contribution in [2.24, 2.45) is 0 Å². The molecule has 5 nitrogen and oxygen atoms in total. The molecule has 6 heteroatoms. The SMILES string of the molecule is CN(C)c1ccc(Cl)cc1NC(=O)N1CCC(N2CC=CC2)C1. The number of nitrogens with zero attached hydrogens (tertiary/aromatic N) is 3. The van der Waals surface area contributed by atoms with Crippen molar-refractivity contribution in [3.63, 3.8) is 0 Å². The van der Waals surface area contributed by atoms with Gasteiger partial charge in [0.2, 0.25) is 0 Å². The van der Waals surface area contributed by atoms with Gasteiger partial charge in [0.05, 0.1) is 11.4 Å². The van der Waals surface area contributed by atoms with Gasteiger partial charge in [0.15, 0.2) is 0 Å². The molecule has 2 heterocycles. The molecule has 1 saturated heterocycles. The maximum atomic E-state index is 12.6. The fraction of sp³-hybridized carbons (Fsp3) is 0.471. The lowest BCUT2D eigenvalue weighted by atomic mass is 10.2. The molecule has 0 bridgehead atoms. The van der Waals surface area contributed by atoms with Crippen LogP contribution < -0.4 is 10.2 Å². The first-order valence-corrected chi connectivity index (χ1v) is 8.34. The predicted molar refractivity (Wildman–Crippen MR) is 95.5 cm³/mol. The first-order valence-electron chi connectivity index (χ1n) is 7.96. The van der Waals surface area contributed by atoms with Crippen LogP contribution in [0.1, 0.15) is 6.42 Å². The highest BCUT2D eigenvalue weighted by atomic mass is 35.5. The molecule has 0 aromatic heterocycles. The lowest BCUT2D eigenvalue weighted by molar-refractivity contribution is 0.212. The van der Waals surface area contributed by atoms with Crippen molar-refractivity contribution >= 4 is 29.0 Å². The number of anilines is 2. The minimum absolute atomic E-state index is 0.0509. The van der Waals surface area contributed by atoms with E-state index in [4.69, 9.17) is 11.6 Å². The molecule has 1 atom stereocenters. The Morgan fingerprint density at radius 2 is 2.04 bits per heavy atom. The zero-order valence-corrected chi connectivity index (χ0v) is 14.4. The van der Waals surface area contributed by atoms with Gasteiger partial charge in [-0.2, -0.15) is 0 Å². The Balaban J connectivity index is 1.64. The van der Waals surface area contributed by atoms with Gasteiger partial charge < -0.3 is 15.1 Å². The number of likely N-dealkylation sites (tertiary alicyclic amines) is 1. The molecule has 1 N–H and O–H groups in total. The van der Waals surface area contributed by atoms with Gasteiger partial charge in [-0.05, 0) is 24.6 Å². The number of carbonyl (C=O) groups is 1. The van der Waals surface area contributed by atoms with Crippen molar-refractivity contribution in [1.82, 2.24) is 9.80 Å². The van der Waals surface area contributed by atoms with Gasteiger partial charge in [0.1, 0.15) is 0 Å². The van der Waals surface area contributed by atoms with Crippen LogP contribution in [0.25, 0.3) is 0 Å². The Morgan fingerprint density at radius 1 is 1.30 bits per heavy atom. The summed E-state index contributed by atoms with van der Waals surface area (Å²) < 4.78 is 0. The molecule has 0 saturated carbocycles. The minimum Gasteiger partial charge on any atom is -0.376 e. The van der Waals surface area contributed by atoms with Crippen molar-refractivity contribution in [3.05, 3.63) is 35.4 Å². The Hall–Kier alpha value is -1.72. The first kappa shape index (κ1) is 16.1. The quantitative estimate of drug-likeness (QED) is 0.864. The molecule has 2 amide bonds. The maximum absolute atomic E-state index is 12.6. The third-order valence-corrected chi connectivity index (χ3v) is 4.73. The Morgan fingerprint density at radius 3 is 2.74 bits per heavy atom. The molecule has 2 aliphatic heterocycles. The number of urea groups is 1. The van der Waals surface area contributed by atoms with Gasteiger partial charge >= 0.3 is 6.03 Å². The molecular formula is C17H23ClN4O. The van der Waals surface area contributed by atoms with Crippen molar-refractivity contribution in [3.8, 4) is 0 Å². The fourth-order valence-corrected chi connectivity index (χ4v) is 3.38. The molecule has 124 valence electrons. The number of hydrogen-bond donors (Lipinski definition) is 1. The molecule has 1 aromatic carbocycles. The Bertz CT molecular complexity index is 609. The van der Waals surface area contributed by atoms with E-state index < -0.39 is 0 Å². The number of nitrogens with one attached hydrogen (secondary N) is 1. The highest BCUT2D eigenvalue weighted by Gasteiger charge is 2.30. The summed E-state index contributed by atoms with van der Waals surface area (Å²) in [5, 5.41) is 3.63. The van der Waals surface area contributed by atoms with E-state index in [9.17, 15) is 4.79 Å². The van der Waals surface area contributed by atoms with Gasteiger partial charge in [-0.15, -0.1) is 0 Å². The second-order valence-corrected chi connectivity index (χ2v) is 6.74. The molecule has 2 aliphatic rings. The largest absolute Gasteiger partial charge is 0.376 e. The van der Waals surface area contributed by atoms with Crippen LogP contribution in [0.4, 0.5) is 16.2 Å². The maximum Gasteiger partial charge on any atom is 0.321 e. The number of carbonyl (C=O) groups excluding carboxylic acids is 1. The fourth-order valence-electron chi connectivity index (χ4n) is 3.21. The van der Waals surface area contributed by atoms with Crippen LogP contribution >= 0.6 is 11.6 Å². The molecular weight excluding hydrogens is 312 g/mol. The second-order valence-electron chi connectivity index (χ2n) is 6.30.